The zero-order valence-electron chi connectivity index (χ0n) is 12.4. The Hall–Kier alpha value is -2.59. The van der Waals surface area contributed by atoms with Crippen molar-refractivity contribution in [2.24, 2.45) is 0 Å². The molecular weight excluding hydrogens is 278 g/mol. The van der Waals surface area contributed by atoms with E-state index in [2.05, 4.69) is 5.32 Å². The summed E-state index contributed by atoms with van der Waals surface area (Å²) in [5.74, 6) is 0.488. The van der Waals surface area contributed by atoms with Gasteiger partial charge in [0, 0.05) is 12.6 Å². The summed E-state index contributed by atoms with van der Waals surface area (Å²) in [6.07, 6.45) is 2.44. The van der Waals surface area contributed by atoms with E-state index in [0.29, 0.717) is 0 Å². The van der Waals surface area contributed by atoms with Gasteiger partial charge in [0.25, 0.3) is 0 Å². The maximum Gasteiger partial charge on any atom is 0.244 e. The Morgan fingerprint density at radius 3 is 2.50 bits per heavy atom. The van der Waals surface area contributed by atoms with Gasteiger partial charge >= 0.3 is 0 Å². The van der Waals surface area contributed by atoms with Gasteiger partial charge in [-0.1, -0.05) is 42.5 Å². The lowest BCUT2D eigenvalue weighted by Crippen LogP contribution is -2.26. The largest absolute Gasteiger partial charge is 0.497 e. The van der Waals surface area contributed by atoms with Gasteiger partial charge in [-0.15, -0.1) is 0 Å². The summed E-state index contributed by atoms with van der Waals surface area (Å²) < 4.78 is 5.06. The van der Waals surface area contributed by atoms with E-state index in [9.17, 15) is 9.90 Å². The molecule has 22 heavy (non-hydrogen) atoms. The second-order valence-electron chi connectivity index (χ2n) is 4.78. The van der Waals surface area contributed by atoms with Gasteiger partial charge in [0.2, 0.25) is 5.91 Å². The van der Waals surface area contributed by atoms with Gasteiger partial charge in [-0.25, -0.2) is 0 Å². The van der Waals surface area contributed by atoms with Crippen LogP contribution in [0.15, 0.2) is 60.7 Å². The van der Waals surface area contributed by atoms with Gasteiger partial charge in [-0.2, -0.15) is 0 Å². The van der Waals surface area contributed by atoms with E-state index in [0.717, 1.165) is 16.9 Å². The third-order valence-electron chi connectivity index (χ3n) is 3.20. The second kappa shape index (κ2) is 8.00. The lowest BCUT2D eigenvalue weighted by atomic mass is 10.1. The number of hydrogen-bond donors (Lipinski definition) is 2. The van der Waals surface area contributed by atoms with Gasteiger partial charge in [-0.05, 0) is 29.3 Å². The summed E-state index contributed by atoms with van der Waals surface area (Å²) in [4.78, 5) is 11.7. The van der Waals surface area contributed by atoms with E-state index < -0.39 is 6.10 Å². The van der Waals surface area contributed by atoms with Crippen molar-refractivity contribution in [3.05, 3.63) is 71.8 Å². The molecule has 4 heteroatoms. The number of benzene rings is 2. The minimum Gasteiger partial charge on any atom is -0.497 e. The fraction of sp³-hybridized carbons (Fsp3) is 0.167. The summed E-state index contributed by atoms with van der Waals surface area (Å²) in [6, 6.07) is 16.7. The summed E-state index contributed by atoms with van der Waals surface area (Å²) in [7, 11) is 1.59. The molecule has 4 nitrogen and oxygen atoms in total. The summed E-state index contributed by atoms with van der Waals surface area (Å²) in [6.45, 7) is 0.157. The zero-order valence-corrected chi connectivity index (χ0v) is 12.4. The number of nitrogens with one attached hydrogen (secondary N) is 1. The van der Waals surface area contributed by atoms with E-state index in [1.54, 1.807) is 37.5 Å². The standard InChI is InChI=1S/C18H19NO3/c1-22-16-10-8-15(9-11-16)17(20)13-19-18(21)12-7-14-5-3-2-4-6-14/h2-12,17,20H,13H2,1H3,(H,19,21)/b12-7+/t17-/m1/s1. The van der Waals surface area contributed by atoms with Crippen LogP contribution in [0.3, 0.4) is 0 Å². The van der Waals surface area contributed by atoms with Gasteiger partial charge in [-0.3, -0.25) is 4.79 Å². The maximum absolute atomic E-state index is 11.7. The zero-order chi connectivity index (χ0) is 15.8. The minimum absolute atomic E-state index is 0.157. The van der Waals surface area contributed by atoms with Crippen molar-refractivity contribution in [3.8, 4) is 5.75 Å². The average Bonchev–Trinajstić information content (AvgIpc) is 2.58. The average molecular weight is 297 g/mol. The smallest absolute Gasteiger partial charge is 0.244 e. The van der Waals surface area contributed by atoms with Crippen LogP contribution >= 0.6 is 0 Å². The first-order valence-corrected chi connectivity index (χ1v) is 7.02. The number of methoxy groups -OCH3 is 1. The lowest BCUT2D eigenvalue weighted by molar-refractivity contribution is -0.116. The molecule has 0 radical (unpaired) electrons. The van der Waals surface area contributed by atoms with Crippen LogP contribution in [0.1, 0.15) is 17.2 Å². The van der Waals surface area contributed by atoms with Crippen LogP contribution in [0, 0.1) is 0 Å². The molecule has 0 heterocycles. The molecule has 2 aromatic rings. The van der Waals surface area contributed by atoms with Crippen molar-refractivity contribution in [1.82, 2.24) is 5.32 Å². The van der Waals surface area contributed by atoms with Crippen molar-refractivity contribution in [1.29, 1.82) is 0 Å². The van der Waals surface area contributed by atoms with Crippen LogP contribution in [0.25, 0.3) is 6.08 Å². The Morgan fingerprint density at radius 1 is 1.18 bits per heavy atom. The highest BCUT2D eigenvalue weighted by molar-refractivity contribution is 5.91. The number of hydrogen-bond acceptors (Lipinski definition) is 3. The van der Waals surface area contributed by atoms with E-state index in [1.165, 1.54) is 6.08 Å². The van der Waals surface area contributed by atoms with Crippen LogP contribution in [-0.2, 0) is 4.79 Å². The first-order valence-electron chi connectivity index (χ1n) is 7.02. The molecule has 2 rings (SSSR count). The molecule has 0 aromatic heterocycles. The summed E-state index contributed by atoms with van der Waals surface area (Å²) >= 11 is 0. The summed E-state index contributed by atoms with van der Waals surface area (Å²) in [5, 5.41) is 12.7. The van der Waals surface area contributed by atoms with Crippen LogP contribution in [-0.4, -0.2) is 24.7 Å². The number of amides is 1. The van der Waals surface area contributed by atoms with E-state index in [4.69, 9.17) is 4.74 Å². The SMILES string of the molecule is COc1ccc([C@H](O)CNC(=O)/C=C/c2ccccc2)cc1. The molecule has 2 aromatic carbocycles. The van der Waals surface area contributed by atoms with Gasteiger partial charge in [0.05, 0.1) is 13.2 Å². The Bertz CT molecular complexity index is 621. The number of carbonyl (C=O) groups excluding carboxylic acids is 1. The molecule has 0 unspecified atom stereocenters. The second-order valence-corrected chi connectivity index (χ2v) is 4.78. The van der Waals surface area contributed by atoms with Crippen LogP contribution in [0.4, 0.5) is 0 Å². The number of aliphatic hydroxyl groups is 1. The number of rotatable bonds is 6. The quantitative estimate of drug-likeness (QED) is 0.806. The predicted octanol–water partition coefficient (Wildman–Crippen LogP) is 2.56. The first kappa shape index (κ1) is 15.8. The summed E-state index contributed by atoms with van der Waals surface area (Å²) in [5.41, 5.74) is 1.68. The maximum atomic E-state index is 11.7. The topological polar surface area (TPSA) is 58.6 Å². The van der Waals surface area contributed by atoms with Crippen LogP contribution < -0.4 is 10.1 Å². The Kier molecular flexibility index (Phi) is 5.74. The Balaban J connectivity index is 1.83. The van der Waals surface area contributed by atoms with Crippen LogP contribution in [0.2, 0.25) is 0 Å². The number of carbonyl (C=O) groups is 1. The molecular formula is C18H19NO3. The van der Waals surface area contributed by atoms with Crippen molar-refractivity contribution in [2.75, 3.05) is 13.7 Å². The van der Waals surface area contributed by atoms with Gasteiger partial charge in [0.1, 0.15) is 5.75 Å². The van der Waals surface area contributed by atoms with Crippen molar-refractivity contribution < 1.29 is 14.6 Å². The highest BCUT2D eigenvalue weighted by Crippen LogP contribution is 2.16. The van der Waals surface area contributed by atoms with Gasteiger partial charge < -0.3 is 15.2 Å². The number of aliphatic hydroxyl groups excluding tert-OH is 1. The van der Waals surface area contributed by atoms with Crippen molar-refractivity contribution in [2.45, 2.75) is 6.10 Å². The van der Waals surface area contributed by atoms with Crippen molar-refractivity contribution >= 4 is 12.0 Å². The monoisotopic (exact) mass is 297 g/mol. The van der Waals surface area contributed by atoms with Gasteiger partial charge in [0.15, 0.2) is 0 Å². The normalized spacial score (nSPS) is 12.1. The molecule has 0 saturated heterocycles. The van der Waals surface area contributed by atoms with E-state index in [1.807, 2.05) is 30.3 Å². The molecule has 2 N–H and O–H groups in total. The molecule has 0 aliphatic carbocycles. The third-order valence-corrected chi connectivity index (χ3v) is 3.20. The number of ether oxygens (including phenoxy) is 1. The molecule has 114 valence electrons. The molecule has 0 aliphatic rings. The fourth-order valence-corrected chi connectivity index (χ4v) is 1.94. The molecule has 0 spiro atoms. The highest BCUT2D eigenvalue weighted by Gasteiger charge is 2.08. The third kappa shape index (κ3) is 4.75. The molecule has 0 bridgehead atoms. The Morgan fingerprint density at radius 2 is 1.86 bits per heavy atom. The Labute approximate surface area is 130 Å². The van der Waals surface area contributed by atoms with Crippen molar-refractivity contribution in [3.63, 3.8) is 0 Å². The molecule has 1 amide bonds. The lowest BCUT2D eigenvalue weighted by Gasteiger charge is -2.11. The van der Waals surface area contributed by atoms with E-state index >= 15 is 0 Å². The highest BCUT2D eigenvalue weighted by atomic mass is 16.5. The minimum atomic E-state index is -0.750. The first-order chi connectivity index (χ1) is 10.7. The van der Waals surface area contributed by atoms with E-state index in [-0.39, 0.29) is 12.5 Å². The van der Waals surface area contributed by atoms with Crippen LogP contribution in [0.5, 0.6) is 5.75 Å². The fourth-order valence-electron chi connectivity index (χ4n) is 1.94. The predicted molar refractivity (Wildman–Crippen MR) is 86.4 cm³/mol. The molecule has 0 fully saturated rings. The molecule has 0 aliphatic heterocycles. The molecule has 1 atom stereocenters. The molecule has 0 saturated carbocycles.